The molecule has 112 valence electrons. The minimum atomic E-state index is -3.73. The summed E-state index contributed by atoms with van der Waals surface area (Å²) < 4.78 is 44.5. The molecule has 0 bridgehead atoms. The molecule has 0 aromatic heterocycles. The van der Waals surface area contributed by atoms with Crippen LogP contribution in [0.15, 0.2) is 53.4 Å². The van der Waals surface area contributed by atoms with E-state index in [4.69, 9.17) is 10.5 Å². The second-order valence-electron chi connectivity index (χ2n) is 4.27. The van der Waals surface area contributed by atoms with Gasteiger partial charge in [0.15, 0.2) is 0 Å². The lowest BCUT2D eigenvalue weighted by Gasteiger charge is -2.08. The number of anilines is 1. The van der Waals surface area contributed by atoms with Gasteiger partial charge >= 0.3 is 0 Å². The zero-order valence-corrected chi connectivity index (χ0v) is 11.9. The topological polar surface area (TPSA) is 81.4 Å². The summed E-state index contributed by atoms with van der Waals surface area (Å²) in [5.74, 6) is -0.00912. The average molecular weight is 310 g/mol. The normalized spacial score (nSPS) is 11.3. The van der Waals surface area contributed by atoms with Crippen molar-refractivity contribution >= 4 is 15.7 Å². The fraction of sp³-hybridized carbons (Fsp3) is 0.143. The van der Waals surface area contributed by atoms with Gasteiger partial charge in [0.05, 0.1) is 4.90 Å². The number of sulfonamides is 1. The highest BCUT2D eigenvalue weighted by Crippen LogP contribution is 2.13. The Morgan fingerprint density at radius 3 is 2.52 bits per heavy atom. The maximum atomic E-state index is 13.0. The Morgan fingerprint density at radius 1 is 1.14 bits per heavy atom. The van der Waals surface area contributed by atoms with Gasteiger partial charge in [-0.2, -0.15) is 0 Å². The zero-order chi connectivity index (χ0) is 15.3. The van der Waals surface area contributed by atoms with Crippen LogP contribution in [0, 0.1) is 5.82 Å². The SMILES string of the molecule is Nc1ccc(OCCNS(=O)(=O)c2cccc(F)c2)cc1. The molecule has 0 aliphatic heterocycles. The van der Waals surface area contributed by atoms with Gasteiger partial charge in [-0.1, -0.05) is 6.07 Å². The number of ether oxygens (including phenoxy) is 1. The van der Waals surface area contributed by atoms with Crippen LogP contribution in [0.5, 0.6) is 5.75 Å². The van der Waals surface area contributed by atoms with Gasteiger partial charge in [-0.05, 0) is 42.5 Å². The number of nitrogens with one attached hydrogen (secondary N) is 1. The van der Waals surface area contributed by atoms with E-state index in [2.05, 4.69) is 4.72 Å². The van der Waals surface area contributed by atoms with E-state index in [1.807, 2.05) is 0 Å². The van der Waals surface area contributed by atoms with Gasteiger partial charge in [0, 0.05) is 12.2 Å². The van der Waals surface area contributed by atoms with Crippen LogP contribution in [0.2, 0.25) is 0 Å². The minimum absolute atomic E-state index is 0.0726. The molecule has 2 aromatic rings. The number of nitrogens with two attached hydrogens (primary N) is 1. The summed E-state index contributed by atoms with van der Waals surface area (Å²) in [6, 6.07) is 11.6. The first kappa shape index (κ1) is 15.3. The smallest absolute Gasteiger partial charge is 0.240 e. The number of hydrogen-bond donors (Lipinski definition) is 2. The predicted octanol–water partition coefficient (Wildman–Crippen LogP) is 1.77. The maximum Gasteiger partial charge on any atom is 0.240 e. The van der Waals surface area contributed by atoms with Gasteiger partial charge < -0.3 is 10.5 Å². The fourth-order valence-electron chi connectivity index (χ4n) is 1.63. The molecule has 0 saturated heterocycles. The molecule has 0 aliphatic carbocycles. The van der Waals surface area contributed by atoms with E-state index in [0.717, 1.165) is 6.07 Å². The molecule has 3 N–H and O–H groups in total. The lowest BCUT2D eigenvalue weighted by molar-refractivity contribution is 0.323. The highest BCUT2D eigenvalue weighted by atomic mass is 32.2. The summed E-state index contributed by atoms with van der Waals surface area (Å²) in [7, 11) is -3.73. The van der Waals surface area contributed by atoms with E-state index in [-0.39, 0.29) is 18.0 Å². The Kier molecular flexibility index (Phi) is 4.77. The van der Waals surface area contributed by atoms with E-state index in [0.29, 0.717) is 11.4 Å². The van der Waals surface area contributed by atoms with Crippen molar-refractivity contribution in [2.45, 2.75) is 4.90 Å². The van der Waals surface area contributed by atoms with E-state index in [1.165, 1.54) is 18.2 Å². The van der Waals surface area contributed by atoms with Crippen LogP contribution in [0.4, 0.5) is 10.1 Å². The summed E-state index contributed by atoms with van der Waals surface area (Å²) >= 11 is 0. The van der Waals surface area contributed by atoms with Crippen LogP contribution in [0.3, 0.4) is 0 Å². The predicted molar refractivity (Wildman–Crippen MR) is 77.9 cm³/mol. The molecule has 0 fully saturated rings. The van der Waals surface area contributed by atoms with Gasteiger partial charge in [0.25, 0.3) is 0 Å². The summed E-state index contributed by atoms with van der Waals surface area (Å²) in [5, 5.41) is 0. The molecule has 0 unspecified atom stereocenters. The molecule has 0 heterocycles. The molecule has 0 radical (unpaired) electrons. The van der Waals surface area contributed by atoms with Gasteiger partial charge in [-0.15, -0.1) is 0 Å². The molecule has 0 aliphatic rings. The highest BCUT2D eigenvalue weighted by molar-refractivity contribution is 7.89. The van der Waals surface area contributed by atoms with Gasteiger partial charge in [-0.25, -0.2) is 17.5 Å². The molecule has 2 rings (SSSR count). The summed E-state index contributed by atoms with van der Waals surface area (Å²) in [4.78, 5) is -0.116. The lowest BCUT2D eigenvalue weighted by atomic mass is 10.3. The number of halogens is 1. The van der Waals surface area contributed by atoms with Crippen molar-refractivity contribution in [1.82, 2.24) is 4.72 Å². The number of benzene rings is 2. The monoisotopic (exact) mass is 310 g/mol. The van der Waals surface area contributed by atoms with Gasteiger partial charge in [0.1, 0.15) is 18.2 Å². The van der Waals surface area contributed by atoms with E-state index >= 15 is 0 Å². The van der Waals surface area contributed by atoms with Crippen molar-refractivity contribution in [3.05, 3.63) is 54.3 Å². The molecular formula is C14H15FN2O3S. The van der Waals surface area contributed by atoms with Gasteiger partial charge in [0.2, 0.25) is 10.0 Å². The molecule has 0 amide bonds. The quantitative estimate of drug-likeness (QED) is 0.629. The first-order valence-electron chi connectivity index (χ1n) is 6.21. The first-order chi connectivity index (χ1) is 9.97. The standard InChI is InChI=1S/C14H15FN2O3S/c15-11-2-1-3-14(10-11)21(18,19)17-8-9-20-13-6-4-12(16)5-7-13/h1-7,10,17H,8-9,16H2. The molecule has 0 atom stereocenters. The second kappa shape index (κ2) is 6.55. The Bertz CT molecular complexity index is 702. The molecular weight excluding hydrogens is 295 g/mol. The third-order valence-corrected chi connectivity index (χ3v) is 4.11. The van der Waals surface area contributed by atoms with Crippen molar-refractivity contribution in [3.63, 3.8) is 0 Å². The van der Waals surface area contributed by atoms with Crippen LogP contribution in [0.25, 0.3) is 0 Å². The van der Waals surface area contributed by atoms with E-state index in [9.17, 15) is 12.8 Å². The van der Waals surface area contributed by atoms with Crippen LogP contribution in [-0.4, -0.2) is 21.6 Å². The third-order valence-electron chi connectivity index (χ3n) is 2.65. The first-order valence-corrected chi connectivity index (χ1v) is 7.69. The minimum Gasteiger partial charge on any atom is -0.492 e. The molecule has 7 heteroatoms. The maximum absolute atomic E-state index is 13.0. The Labute approximate surface area is 122 Å². The van der Waals surface area contributed by atoms with Crippen LogP contribution < -0.4 is 15.2 Å². The number of hydrogen-bond acceptors (Lipinski definition) is 4. The van der Waals surface area contributed by atoms with Gasteiger partial charge in [-0.3, -0.25) is 0 Å². The van der Waals surface area contributed by atoms with E-state index in [1.54, 1.807) is 24.3 Å². The summed E-state index contributed by atoms with van der Waals surface area (Å²) in [6.45, 7) is 0.224. The Balaban J connectivity index is 1.86. The second-order valence-corrected chi connectivity index (χ2v) is 6.04. The highest BCUT2D eigenvalue weighted by Gasteiger charge is 2.13. The Morgan fingerprint density at radius 2 is 1.86 bits per heavy atom. The Hall–Kier alpha value is -2.12. The van der Waals surface area contributed by atoms with Crippen molar-refractivity contribution in [3.8, 4) is 5.75 Å². The zero-order valence-electron chi connectivity index (χ0n) is 11.1. The molecule has 2 aromatic carbocycles. The lowest BCUT2D eigenvalue weighted by Crippen LogP contribution is -2.28. The molecule has 21 heavy (non-hydrogen) atoms. The van der Waals surface area contributed by atoms with Crippen LogP contribution in [0.1, 0.15) is 0 Å². The average Bonchev–Trinajstić information content (AvgIpc) is 2.45. The van der Waals surface area contributed by atoms with Crippen molar-refractivity contribution in [2.75, 3.05) is 18.9 Å². The fourth-order valence-corrected chi connectivity index (χ4v) is 2.67. The number of nitrogen functional groups attached to an aromatic ring is 1. The summed E-state index contributed by atoms with van der Waals surface area (Å²) in [5.41, 5.74) is 6.16. The third kappa shape index (κ3) is 4.44. The largest absolute Gasteiger partial charge is 0.492 e. The molecule has 5 nitrogen and oxygen atoms in total. The molecule has 0 saturated carbocycles. The van der Waals surface area contributed by atoms with Crippen molar-refractivity contribution in [1.29, 1.82) is 0 Å². The van der Waals surface area contributed by atoms with E-state index < -0.39 is 15.8 Å². The summed E-state index contributed by atoms with van der Waals surface area (Å²) in [6.07, 6.45) is 0. The molecule has 0 spiro atoms. The van der Waals surface area contributed by atoms with Crippen LogP contribution in [-0.2, 0) is 10.0 Å². The van der Waals surface area contributed by atoms with Crippen molar-refractivity contribution < 1.29 is 17.5 Å². The number of rotatable bonds is 6. The van der Waals surface area contributed by atoms with Crippen LogP contribution >= 0.6 is 0 Å². The van der Waals surface area contributed by atoms with Crippen molar-refractivity contribution in [2.24, 2.45) is 0 Å².